The zero-order valence-electron chi connectivity index (χ0n) is 24.7. The third kappa shape index (κ3) is 11.1. The first-order valence-electron chi connectivity index (χ1n) is 14.3. The molecule has 1 unspecified atom stereocenters. The number of benzene rings is 3. The van der Waals surface area contributed by atoms with Gasteiger partial charge in [-0.05, 0) is 59.7 Å². The van der Waals surface area contributed by atoms with Crippen LogP contribution in [0, 0.1) is 11.6 Å². The van der Waals surface area contributed by atoms with Gasteiger partial charge >= 0.3 is 30.7 Å². The lowest BCUT2D eigenvalue weighted by Crippen LogP contribution is -2.53. The van der Waals surface area contributed by atoms with Crippen molar-refractivity contribution in [3.05, 3.63) is 101 Å². The Bertz CT molecular complexity index is 1500. The van der Waals surface area contributed by atoms with E-state index in [-0.39, 0.29) is 30.4 Å². The number of hydrogen-bond donors (Lipinski definition) is 3. The second-order valence-corrected chi connectivity index (χ2v) is 10.7. The minimum Gasteiger partial charge on any atom is -0.481 e. The van der Waals surface area contributed by atoms with Gasteiger partial charge in [-0.1, -0.05) is 55.3 Å². The Hall–Kier alpha value is -4.43. The average molecular weight is 679 g/mol. The number of alkyl halides is 7. The number of aryl methyl sites for hydroxylation is 1. The highest BCUT2D eigenvalue weighted by Crippen LogP contribution is 2.38. The van der Waals surface area contributed by atoms with Crippen LogP contribution in [0.2, 0.25) is 0 Å². The quantitative estimate of drug-likeness (QED) is 0.106. The molecule has 0 bridgehead atoms. The Morgan fingerprint density at radius 1 is 0.830 bits per heavy atom. The van der Waals surface area contributed by atoms with Gasteiger partial charge in [0.15, 0.2) is 0 Å². The SMILES string of the molecule is O=C(O)CCCCCCc1cc(C(Cc2ccccc2)(NC(=O)NCC(F)(F)F)c2cc(F)cc(OC(F)(F)C(F)F)c2)ccc1F. The van der Waals surface area contributed by atoms with Crippen molar-refractivity contribution < 1.29 is 58.9 Å². The van der Waals surface area contributed by atoms with Gasteiger partial charge in [-0.3, -0.25) is 4.79 Å². The fraction of sp³-hybridized carbons (Fsp3) is 0.375. The lowest BCUT2D eigenvalue weighted by atomic mass is 9.77. The van der Waals surface area contributed by atoms with Gasteiger partial charge in [0.1, 0.15) is 23.9 Å². The van der Waals surface area contributed by atoms with Crippen LogP contribution in [0.1, 0.15) is 54.4 Å². The molecule has 0 aromatic heterocycles. The summed E-state index contributed by atoms with van der Waals surface area (Å²) in [5.41, 5.74) is -2.04. The Balaban J connectivity index is 2.17. The van der Waals surface area contributed by atoms with E-state index in [9.17, 15) is 40.3 Å². The lowest BCUT2D eigenvalue weighted by Gasteiger charge is -2.37. The molecule has 0 radical (unpaired) electrons. The largest absolute Gasteiger partial charge is 0.481 e. The van der Waals surface area contributed by atoms with E-state index < -0.39 is 65.7 Å². The molecule has 0 spiro atoms. The molecule has 3 aromatic rings. The van der Waals surface area contributed by atoms with Gasteiger partial charge in [0.2, 0.25) is 0 Å². The Labute approximate surface area is 263 Å². The van der Waals surface area contributed by atoms with Crippen LogP contribution < -0.4 is 15.4 Å². The molecular weight excluding hydrogens is 647 g/mol. The number of aliphatic carboxylic acids is 1. The topological polar surface area (TPSA) is 87.7 Å². The molecule has 0 saturated heterocycles. The molecular formula is C32H31F9N2O4. The maximum absolute atomic E-state index is 15.0. The molecule has 0 aliphatic carbocycles. The van der Waals surface area contributed by atoms with E-state index in [4.69, 9.17) is 5.11 Å². The molecule has 0 aliphatic heterocycles. The van der Waals surface area contributed by atoms with E-state index in [2.05, 4.69) is 10.1 Å². The number of amides is 2. The van der Waals surface area contributed by atoms with Gasteiger partial charge < -0.3 is 20.5 Å². The minimum atomic E-state index is -5.06. The molecule has 15 heteroatoms. The molecule has 0 fully saturated rings. The van der Waals surface area contributed by atoms with E-state index in [1.807, 2.05) is 0 Å². The molecule has 0 aliphatic rings. The van der Waals surface area contributed by atoms with Crippen LogP contribution in [0.15, 0.2) is 66.7 Å². The summed E-state index contributed by atoms with van der Waals surface area (Å²) < 4.78 is 127. The molecule has 256 valence electrons. The van der Waals surface area contributed by atoms with Crippen LogP contribution >= 0.6 is 0 Å². The minimum absolute atomic E-state index is 0.0111. The molecule has 3 N–H and O–H groups in total. The molecule has 0 heterocycles. The van der Waals surface area contributed by atoms with Crippen LogP contribution in [0.3, 0.4) is 0 Å². The number of carbonyl (C=O) groups is 2. The molecule has 0 saturated carbocycles. The number of carbonyl (C=O) groups excluding carboxylic acids is 1. The smallest absolute Gasteiger partial charge is 0.461 e. The number of urea groups is 1. The number of hydrogen-bond acceptors (Lipinski definition) is 3. The highest BCUT2D eigenvalue weighted by atomic mass is 19.4. The highest BCUT2D eigenvalue weighted by molar-refractivity contribution is 5.76. The molecule has 1 atom stereocenters. The summed E-state index contributed by atoms with van der Waals surface area (Å²) in [5.74, 6) is -4.02. The predicted molar refractivity (Wildman–Crippen MR) is 152 cm³/mol. The summed E-state index contributed by atoms with van der Waals surface area (Å²) in [7, 11) is 0. The normalized spacial score (nSPS) is 13.2. The maximum atomic E-state index is 15.0. The van der Waals surface area contributed by atoms with Crippen LogP contribution in [-0.4, -0.2) is 42.4 Å². The Kier molecular flexibility index (Phi) is 12.5. The Morgan fingerprint density at radius 3 is 2.15 bits per heavy atom. The fourth-order valence-electron chi connectivity index (χ4n) is 4.93. The predicted octanol–water partition coefficient (Wildman–Crippen LogP) is 8.13. The first-order valence-corrected chi connectivity index (χ1v) is 14.3. The zero-order valence-corrected chi connectivity index (χ0v) is 24.7. The summed E-state index contributed by atoms with van der Waals surface area (Å²) in [6.07, 6.45) is -12.7. The number of unbranched alkanes of at least 4 members (excludes halogenated alkanes) is 3. The molecule has 3 aromatic carbocycles. The second-order valence-electron chi connectivity index (χ2n) is 10.7. The first-order chi connectivity index (χ1) is 22.0. The molecule has 47 heavy (non-hydrogen) atoms. The van der Waals surface area contributed by atoms with Gasteiger partial charge in [-0.2, -0.15) is 30.7 Å². The average Bonchev–Trinajstić information content (AvgIpc) is 2.97. The van der Waals surface area contributed by atoms with Crippen LogP contribution in [-0.2, 0) is 23.2 Å². The number of carboxylic acids is 1. The van der Waals surface area contributed by atoms with Gasteiger partial charge in [-0.15, -0.1) is 0 Å². The summed E-state index contributed by atoms with van der Waals surface area (Å²) in [4.78, 5) is 23.8. The summed E-state index contributed by atoms with van der Waals surface area (Å²) in [6, 6.07) is 11.8. The summed E-state index contributed by atoms with van der Waals surface area (Å²) in [5, 5.41) is 12.8. The number of nitrogens with one attached hydrogen (secondary N) is 2. The van der Waals surface area contributed by atoms with Crippen molar-refractivity contribution in [1.29, 1.82) is 0 Å². The fourth-order valence-corrected chi connectivity index (χ4v) is 4.93. The van der Waals surface area contributed by atoms with Gasteiger partial charge in [0.25, 0.3) is 0 Å². The lowest BCUT2D eigenvalue weighted by molar-refractivity contribution is -0.253. The van der Waals surface area contributed by atoms with Crippen molar-refractivity contribution in [2.45, 2.75) is 69.2 Å². The van der Waals surface area contributed by atoms with Crippen LogP contribution in [0.25, 0.3) is 0 Å². The molecule has 3 rings (SSSR count). The van der Waals surface area contributed by atoms with Gasteiger partial charge in [0.05, 0.1) is 5.54 Å². The Morgan fingerprint density at radius 2 is 1.51 bits per heavy atom. The van der Waals surface area contributed by atoms with Crippen molar-refractivity contribution in [2.24, 2.45) is 0 Å². The van der Waals surface area contributed by atoms with Crippen molar-refractivity contribution in [2.75, 3.05) is 6.54 Å². The standard InChI is InChI=1S/C32H31F9N2O4/c33-24-15-23(16-25(17-24)47-32(40,41)28(35)36)30(18-20-8-4-3-5-9-20,43-29(46)42-19-31(37,38)39)22-12-13-26(34)21(14-22)10-6-1-2-7-11-27(44)45/h3-5,8-9,12-17,28H,1-2,6-7,10-11,18-19H2,(H,44,45)(H2,42,43,46). The summed E-state index contributed by atoms with van der Waals surface area (Å²) in [6.45, 7) is -1.78. The number of rotatable bonds is 16. The van der Waals surface area contributed by atoms with Crippen molar-refractivity contribution in [3.8, 4) is 5.75 Å². The second kappa shape index (κ2) is 15.9. The maximum Gasteiger partial charge on any atom is 0.461 e. The third-order valence-corrected chi connectivity index (χ3v) is 7.09. The van der Waals surface area contributed by atoms with E-state index >= 15 is 8.78 Å². The summed E-state index contributed by atoms with van der Waals surface area (Å²) >= 11 is 0. The number of ether oxygens (including phenoxy) is 1. The molecule has 6 nitrogen and oxygen atoms in total. The van der Waals surface area contributed by atoms with Crippen molar-refractivity contribution in [1.82, 2.24) is 10.6 Å². The van der Waals surface area contributed by atoms with Crippen molar-refractivity contribution >= 4 is 12.0 Å². The number of carboxylic acid groups (broad SMARTS) is 1. The van der Waals surface area contributed by atoms with Crippen LogP contribution in [0.4, 0.5) is 44.3 Å². The van der Waals surface area contributed by atoms with Gasteiger partial charge in [0, 0.05) is 18.9 Å². The number of halogens is 9. The van der Waals surface area contributed by atoms with Crippen LogP contribution in [0.5, 0.6) is 5.75 Å². The monoisotopic (exact) mass is 678 g/mol. The van der Waals surface area contributed by atoms with E-state index in [0.717, 1.165) is 24.3 Å². The van der Waals surface area contributed by atoms with Crippen molar-refractivity contribution in [3.63, 3.8) is 0 Å². The molecule has 2 amide bonds. The third-order valence-electron chi connectivity index (χ3n) is 7.09. The van der Waals surface area contributed by atoms with Gasteiger partial charge in [-0.25, -0.2) is 13.6 Å². The first kappa shape index (κ1) is 37.0. The van der Waals surface area contributed by atoms with E-state index in [0.29, 0.717) is 37.3 Å². The van der Waals surface area contributed by atoms with E-state index in [1.54, 1.807) is 35.6 Å². The van der Waals surface area contributed by atoms with E-state index in [1.165, 1.54) is 6.07 Å². The zero-order chi connectivity index (χ0) is 34.8. The highest BCUT2D eigenvalue weighted by Gasteiger charge is 2.45.